The van der Waals surface area contributed by atoms with Gasteiger partial charge in [0, 0.05) is 0 Å². The molecule has 0 aliphatic heterocycles. The van der Waals surface area contributed by atoms with Crippen LogP contribution in [0, 0.1) is 12.3 Å². The summed E-state index contributed by atoms with van der Waals surface area (Å²) in [4.78, 5) is 10.3. The molecule has 10 heavy (non-hydrogen) atoms. The van der Waals surface area contributed by atoms with Crippen LogP contribution in [0.5, 0.6) is 0 Å². The van der Waals surface area contributed by atoms with Gasteiger partial charge in [-0.1, -0.05) is 5.92 Å². The molecule has 0 aromatic heterocycles. The Bertz CT molecular complexity index is 152. The molecule has 1 unspecified atom stereocenters. The number of thiol groups is 1. The van der Waals surface area contributed by atoms with Gasteiger partial charge < -0.3 is 10.5 Å². The van der Waals surface area contributed by atoms with Gasteiger partial charge in [0.2, 0.25) is 5.12 Å². The Kier molecular flexibility index (Phi) is 5.03. The van der Waals surface area contributed by atoms with E-state index in [1.165, 1.54) is 0 Å². The highest BCUT2D eigenvalue weighted by Crippen LogP contribution is 1.87. The van der Waals surface area contributed by atoms with Crippen molar-refractivity contribution >= 4 is 17.7 Å². The summed E-state index contributed by atoms with van der Waals surface area (Å²) in [7, 11) is 0. The number of rotatable bonds is 4. The van der Waals surface area contributed by atoms with Crippen LogP contribution in [0.2, 0.25) is 0 Å². The van der Waals surface area contributed by atoms with E-state index in [2.05, 4.69) is 18.5 Å². The van der Waals surface area contributed by atoms with Gasteiger partial charge >= 0.3 is 0 Å². The Hall–Kier alpha value is -0.500. The number of ether oxygens (including phenoxy) is 1. The zero-order chi connectivity index (χ0) is 7.98. The molecule has 0 bridgehead atoms. The quantitative estimate of drug-likeness (QED) is 0.328. The molecular formula is C6H9NO2S. The molecule has 1 atom stereocenters. The van der Waals surface area contributed by atoms with Crippen molar-refractivity contribution in [3.63, 3.8) is 0 Å². The molecule has 0 fully saturated rings. The smallest absolute Gasteiger partial charge is 0.204 e. The number of carbonyl (C=O) groups excluding carboxylic acids is 1. The summed E-state index contributed by atoms with van der Waals surface area (Å²) in [6.07, 6.45) is 4.87. The molecule has 0 aromatic carbocycles. The summed E-state index contributed by atoms with van der Waals surface area (Å²) in [5.41, 5.74) is 5.24. The van der Waals surface area contributed by atoms with Crippen LogP contribution in [0.25, 0.3) is 0 Å². The van der Waals surface area contributed by atoms with Gasteiger partial charge in [0.1, 0.15) is 6.61 Å². The predicted octanol–water partition coefficient (Wildman–Crippen LogP) is -0.580. The van der Waals surface area contributed by atoms with Crippen molar-refractivity contribution in [1.82, 2.24) is 0 Å². The Labute approximate surface area is 65.3 Å². The summed E-state index contributed by atoms with van der Waals surface area (Å²) in [5, 5.41) is -0.392. The number of nitrogens with two attached hydrogens (primary N) is 1. The maximum absolute atomic E-state index is 10.3. The molecule has 0 aliphatic carbocycles. The van der Waals surface area contributed by atoms with E-state index in [0.29, 0.717) is 0 Å². The number of hydrogen-bond acceptors (Lipinski definition) is 3. The molecule has 4 heteroatoms. The van der Waals surface area contributed by atoms with Gasteiger partial charge in [-0.3, -0.25) is 4.79 Å². The summed E-state index contributed by atoms with van der Waals surface area (Å²) >= 11 is 3.50. The second-order valence-electron chi connectivity index (χ2n) is 1.66. The number of carbonyl (C=O) groups is 1. The third-order valence-corrected chi connectivity index (χ3v) is 1.13. The minimum absolute atomic E-state index is 0.131. The van der Waals surface area contributed by atoms with Crippen molar-refractivity contribution in [3.8, 4) is 12.3 Å². The number of terminal acetylenes is 1. The molecule has 0 saturated heterocycles. The molecular weight excluding hydrogens is 150 g/mol. The first-order chi connectivity index (χ1) is 4.68. The van der Waals surface area contributed by atoms with E-state index < -0.39 is 11.2 Å². The largest absolute Gasteiger partial charge is 0.367 e. The van der Waals surface area contributed by atoms with Crippen LogP contribution < -0.4 is 5.73 Å². The SMILES string of the molecule is C#CCOCC(N)C(=O)S. The van der Waals surface area contributed by atoms with Crippen LogP contribution in [0.1, 0.15) is 0 Å². The summed E-state index contributed by atoms with van der Waals surface area (Å²) in [6, 6.07) is -0.670. The lowest BCUT2D eigenvalue weighted by molar-refractivity contribution is -0.113. The van der Waals surface area contributed by atoms with Crippen LogP contribution in [0.3, 0.4) is 0 Å². The van der Waals surface area contributed by atoms with E-state index in [1.807, 2.05) is 0 Å². The van der Waals surface area contributed by atoms with Crippen molar-refractivity contribution in [2.75, 3.05) is 13.2 Å². The van der Waals surface area contributed by atoms with Gasteiger partial charge in [0.25, 0.3) is 0 Å². The van der Waals surface area contributed by atoms with Gasteiger partial charge in [-0.05, 0) is 0 Å². The average molecular weight is 159 g/mol. The highest BCUT2D eigenvalue weighted by Gasteiger charge is 2.07. The molecule has 0 rings (SSSR count). The van der Waals surface area contributed by atoms with Crippen molar-refractivity contribution in [3.05, 3.63) is 0 Å². The zero-order valence-electron chi connectivity index (χ0n) is 5.41. The third kappa shape index (κ3) is 4.39. The minimum Gasteiger partial charge on any atom is -0.367 e. The first-order valence-electron chi connectivity index (χ1n) is 2.68. The molecule has 0 heterocycles. The summed E-state index contributed by atoms with van der Waals surface area (Å²) < 4.78 is 4.78. The highest BCUT2D eigenvalue weighted by molar-refractivity contribution is 7.96. The van der Waals surface area contributed by atoms with Crippen LogP contribution in [0.15, 0.2) is 0 Å². The van der Waals surface area contributed by atoms with E-state index in [9.17, 15) is 4.79 Å². The zero-order valence-corrected chi connectivity index (χ0v) is 6.30. The normalized spacial score (nSPS) is 12.1. The Balaban J connectivity index is 3.32. The predicted molar refractivity (Wildman–Crippen MR) is 41.6 cm³/mol. The lowest BCUT2D eigenvalue weighted by atomic mass is 10.4. The van der Waals surface area contributed by atoms with Crippen molar-refractivity contribution in [2.45, 2.75) is 6.04 Å². The molecule has 3 nitrogen and oxygen atoms in total. The Morgan fingerprint density at radius 3 is 2.90 bits per heavy atom. The molecule has 56 valence electrons. The fourth-order valence-corrected chi connectivity index (χ4v) is 0.391. The fourth-order valence-electron chi connectivity index (χ4n) is 0.316. The maximum atomic E-state index is 10.3. The second-order valence-corrected chi connectivity index (χ2v) is 2.10. The average Bonchev–Trinajstić information content (AvgIpc) is 1.88. The Morgan fingerprint density at radius 2 is 2.50 bits per heavy atom. The molecule has 0 saturated carbocycles. The first-order valence-corrected chi connectivity index (χ1v) is 3.12. The van der Waals surface area contributed by atoms with E-state index in [-0.39, 0.29) is 13.2 Å². The van der Waals surface area contributed by atoms with Crippen LogP contribution >= 0.6 is 12.6 Å². The fraction of sp³-hybridized carbons (Fsp3) is 0.500. The number of hydrogen-bond donors (Lipinski definition) is 2. The molecule has 2 N–H and O–H groups in total. The molecule has 0 amide bonds. The van der Waals surface area contributed by atoms with Gasteiger partial charge in [-0.2, -0.15) is 0 Å². The van der Waals surface area contributed by atoms with Gasteiger partial charge in [-0.15, -0.1) is 19.1 Å². The monoisotopic (exact) mass is 159 g/mol. The highest BCUT2D eigenvalue weighted by atomic mass is 32.1. The second kappa shape index (κ2) is 5.30. The van der Waals surface area contributed by atoms with Crippen LogP contribution in [0.4, 0.5) is 0 Å². The van der Waals surface area contributed by atoms with Crippen molar-refractivity contribution < 1.29 is 9.53 Å². The van der Waals surface area contributed by atoms with Gasteiger partial charge in [0.15, 0.2) is 0 Å². The van der Waals surface area contributed by atoms with E-state index in [4.69, 9.17) is 16.9 Å². The molecule has 0 radical (unpaired) electrons. The van der Waals surface area contributed by atoms with Gasteiger partial charge in [0.05, 0.1) is 12.6 Å². The minimum atomic E-state index is -0.670. The van der Waals surface area contributed by atoms with Crippen LogP contribution in [-0.2, 0) is 9.53 Å². The molecule has 0 spiro atoms. The standard InChI is InChI=1S/C6H9NO2S/c1-2-3-9-4-5(7)6(8)10/h1,5H,3-4,7H2,(H,8,10). The maximum Gasteiger partial charge on any atom is 0.204 e. The third-order valence-electron chi connectivity index (χ3n) is 0.800. The van der Waals surface area contributed by atoms with Crippen molar-refractivity contribution in [2.24, 2.45) is 5.73 Å². The lowest BCUT2D eigenvalue weighted by Gasteiger charge is -2.04. The molecule has 0 aromatic rings. The summed E-state index contributed by atoms with van der Waals surface area (Å²) in [6.45, 7) is 0.307. The van der Waals surface area contributed by atoms with E-state index in [1.54, 1.807) is 0 Å². The van der Waals surface area contributed by atoms with E-state index in [0.717, 1.165) is 0 Å². The Morgan fingerprint density at radius 1 is 1.90 bits per heavy atom. The van der Waals surface area contributed by atoms with Crippen molar-refractivity contribution in [1.29, 1.82) is 0 Å². The summed E-state index contributed by atoms with van der Waals surface area (Å²) in [5.74, 6) is 2.25. The van der Waals surface area contributed by atoms with E-state index >= 15 is 0 Å². The first kappa shape index (κ1) is 9.50. The molecule has 0 aliphatic rings. The van der Waals surface area contributed by atoms with Gasteiger partial charge in [-0.25, -0.2) is 0 Å². The topological polar surface area (TPSA) is 52.3 Å². The lowest BCUT2D eigenvalue weighted by Crippen LogP contribution is -2.32. The van der Waals surface area contributed by atoms with Crippen LogP contribution in [-0.4, -0.2) is 24.4 Å².